The van der Waals surface area contributed by atoms with Crippen LogP contribution in [0.15, 0.2) is 46.9 Å². The Balaban J connectivity index is 2.18. The van der Waals surface area contributed by atoms with E-state index in [1.165, 1.54) is 24.3 Å². The van der Waals surface area contributed by atoms with Gasteiger partial charge in [-0.05, 0) is 47.9 Å². The van der Waals surface area contributed by atoms with Crippen LogP contribution in [0.3, 0.4) is 0 Å². The molecule has 0 amide bonds. The molecule has 1 unspecified atom stereocenters. The average molecular weight is 312 g/mol. The van der Waals surface area contributed by atoms with Crippen LogP contribution in [-0.2, 0) is 6.42 Å². The summed E-state index contributed by atoms with van der Waals surface area (Å²) in [4.78, 5) is 0. The molecule has 2 rings (SSSR count). The van der Waals surface area contributed by atoms with Crippen molar-refractivity contribution in [3.63, 3.8) is 0 Å². The highest BCUT2D eigenvalue weighted by Gasteiger charge is 2.11. The second-order valence-corrected chi connectivity index (χ2v) is 4.96. The Morgan fingerprint density at radius 1 is 1.00 bits per heavy atom. The van der Waals surface area contributed by atoms with E-state index in [1.807, 2.05) is 0 Å². The van der Waals surface area contributed by atoms with Gasteiger partial charge in [-0.1, -0.05) is 28.1 Å². The molecule has 0 aliphatic heterocycles. The summed E-state index contributed by atoms with van der Waals surface area (Å²) in [5, 5.41) is 0. The van der Waals surface area contributed by atoms with Crippen LogP contribution in [0.25, 0.3) is 0 Å². The zero-order valence-corrected chi connectivity index (χ0v) is 11.1. The van der Waals surface area contributed by atoms with Crippen LogP contribution in [0.1, 0.15) is 17.2 Å². The Morgan fingerprint density at radius 3 is 2.28 bits per heavy atom. The zero-order chi connectivity index (χ0) is 13.1. The third kappa shape index (κ3) is 3.15. The fourth-order valence-electron chi connectivity index (χ4n) is 1.78. The third-order valence-electron chi connectivity index (χ3n) is 2.73. The van der Waals surface area contributed by atoms with Crippen LogP contribution in [0, 0.1) is 11.6 Å². The minimum absolute atomic E-state index is 0.278. The lowest BCUT2D eigenvalue weighted by molar-refractivity contribution is 0.616. The van der Waals surface area contributed by atoms with E-state index < -0.39 is 0 Å². The molecule has 94 valence electrons. The summed E-state index contributed by atoms with van der Waals surface area (Å²) >= 11 is 3.35. The normalized spacial score (nSPS) is 12.4. The molecule has 0 saturated heterocycles. The fourth-order valence-corrected chi connectivity index (χ4v) is 2.32. The molecule has 2 N–H and O–H groups in total. The van der Waals surface area contributed by atoms with Crippen LogP contribution in [0.5, 0.6) is 0 Å². The second-order valence-electron chi connectivity index (χ2n) is 4.10. The lowest BCUT2D eigenvalue weighted by Gasteiger charge is -2.14. The molecule has 0 aliphatic carbocycles. The van der Waals surface area contributed by atoms with Gasteiger partial charge in [-0.25, -0.2) is 8.78 Å². The van der Waals surface area contributed by atoms with Gasteiger partial charge in [-0.3, -0.25) is 0 Å². The Hall–Kier alpha value is -1.26. The Morgan fingerprint density at radius 2 is 1.61 bits per heavy atom. The van der Waals surface area contributed by atoms with Crippen LogP contribution >= 0.6 is 15.9 Å². The molecule has 4 heteroatoms. The maximum absolute atomic E-state index is 13.2. The summed E-state index contributed by atoms with van der Waals surface area (Å²) in [5.41, 5.74) is 7.67. The summed E-state index contributed by atoms with van der Waals surface area (Å²) in [5.74, 6) is -0.595. The van der Waals surface area contributed by atoms with Crippen LogP contribution < -0.4 is 5.73 Å². The first-order chi connectivity index (χ1) is 8.56. The van der Waals surface area contributed by atoms with E-state index in [4.69, 9.17) is 5.73 Å². The summed E-state index contributed by atoms with van der Waals surface area (Å²) in [6.07, 6.45) is 0.530. The van der Waals surface area contributed by atoms with Crippen LogP contribution in [0.2, 0.25) is 0 Å². The van der Waals surface area contributed by atoms with Gasteiger partial charge in [0.2, 0.25) is 0 Å². The van der Waals surface area contributed by atoms with E-state index in [0.717, 1.165) is 10.0 Å². The summed E-state index contributed by atoms with van der Waals surface area (Å²) in [6.45, 7) is 0. The van der Waals surface area contributed by atoms with Gasteiger partial charge in [0.25, 0.3) is 0 Å². The molecular weight excluding hydrogens is 300 g/mol. The predicted octanol–water partition coefficient (Wildman–Crippen LogP) is 3.97. The van der Waals surface area contributed by atoms with Crippen molar-refractivity contribution < 1.29 is 8.78 Å². The van der Waals surface area contributed by atoms with Crippen LogP contribution in [0.4, 0.5) is 8.78 Å². The lowest BCUT2D eigenvalue weighted by Crippen LogP contribution is -2.14. The number of hydrogen-bond acceptors (Lipinski definition) is 1. The summed E-state index contributed by atoms with van der Waals surface area (Å²) in [6, 6.07) is 10.2. The van der Waals surface area contributed by atoms with E-state index in [-0.39, 0.29) is 17.7 Å². The minimum atomic E-state index is -0.333. The first-order valence-electron chi connectivity index (χ1n) is 5.51. The Labute approximate surface area is 113 Å². The quantitative estimate of drug-likeness (QED) is 0.912. The van der Waals surface area contributed by atoms with E-state index >= 15 is 0 Å². The molecule has 1 atom stereocenters. The molecule has 0 radical (unpaired) electrons. The molecular formula is C14H12BrF2N. The Kier molecular flexibility index (Phi) is 4.09. The molecule has 2 aromatic rings. The summed E-state index contributed by atoms with van der Waals surface area (Å²) in [7, 11) is 0. The number of halogens is 3. The SMILES string of the molecule is NC(Cc1ccc(F)cc1)c1cc(F)ccc1Br. The van der Waals surface area contributed by atoms with Crippen molar-refractivity contribution in [3.8, 4) is 0 Å². The van der Waals surface area contributed by atoms with Gasteiger partial charge in [-0.15, -0.1) is 0 Å². The van der Waals surface area contributed by atoms with Crippen molar-refractivity contribution in [2.75, 3.05) is 0 Å². The first kappa shape index (κ1) is 13.2. The minimum Gasteiger partial charge on any atom is -0.324 e. The van der Waals surface area contributed by atoms with E-state index in [1.54, 1.807) is 18.2 Å². The van der Waals surface area contributed by atoms with Gasteiger partial charge in [0.05, 0.1) is 0 Å². The van der Waals surface area contributed by atoms with Crippen LogP contribution in [-0.4, -0.2) is 0 Å². The van der Waals surface area contributed by atoms with Gasteiger partial charge < -0.3 is 5.73 Å². The molecule has 1 nitrogen and oxygen atoms in total. The average Bonchev–Trinajstić information content (AvgIpc) is 2.35. The highest BCUT2D eigenvalue weighted by Crippen LogP contribution is 2.25. The number of benzene rings is 2. The van der Waals surface area contributed by atoms with E-state index in [9.17, 15) is 8.78 Å². The number of hydrogen-bond donors (Lipinski definition) is 1. The second kappa shape index (κ2) is 5.59. The lowest BCUT2D eigenvalue weighted by atomic mass is 10.00. The summed E-state index contributed by atoms with van der Waals surface area (Å²) < 4.78 is 26.7. The van der Waals surface area contributed by atoms with Gasteiger partial charge >= 0.3 is 0 Å². The standard InChI is InChI=1S/C14H12BrF2N/c15-13-6-5-11(17)8-12(13)14(18)7-9-1-3-10(16)4-2-9/h1-6,8,14H,7,18H2. The van der Waals surface area contributed by atoms with Crippen molar-refractivity contribution in [1.82, 2.24) is 0 Å². The molecule has 0 spiro atoms. The first-order valence-corrected chi connectivity index (χ1v) is 6.30. The number of rotatable bonds is 3. The van der Waals surface area contributed by atoms with E-state index in [2.05, 4.69) is 15.9 Å². The predicted molar refractivity (Wildman–Crippen MR) is 71.1 cm³/mol. The highest BCUT2D eigenvalue weighted by atomic mass is 79.9. The molecule has 18 heavy (non-hydrogen) atoms. The van der Waals surface area contributed by atoms with E-state index in [0.29, 0.717) is 12.0 Å². The van der Waals surface area contributed by atoms with Gasteiger partial charge in [0.15, 0.2) is 0 Å². The monoisotopic (exact) mass is 311 g/mol. The zero-order valence-electron chi connectivity index (χ0n) is 9.54. The van der Waals surface area contributed by atoms with Gasteiger partial charge in [-0.2, -0.15) is 0 Å². The molecule has 0 bridgehead atoms. The highest BCUT2D eigenvalue weighted by molar-refractivity contribution is 9.10. The maximum atomic E-state index is 13.2. The Bertz CT molecular complexity index is 540. The largest absolute Gasteiger partial charge is 0.324 e. The molecule has 0 saturated carbocycles. The molecule has 2 aromatic carbocycles. The smallest absolute Gasteiger partial charge is 0.123 e. The van der Waals surface area contributed by atoms with Crippen molar-refractivity contribution in [3.05, 3.63) is 69.7 Å². The van der Waals surface area contributed by atoms with Crippen molar-refractivity contribution >= 4 is 15.9 Å². The fraction of sp³-hybridized carbons (Fsp3) is 0.143. The maximum Gasteiger partial charge on any atom is 0.123 e. The third-order valence-corrected chi connectivity index (χ3v) is 3.45. The van der Waals surface area contributed by atoms with Crippen molar-refractivity contribution in [2.24, 2.45) is 5.73 Å². The molecule has 0 aliphatic rings. The number of nitrogens with two attached hydrogens (primary N) is 1. The van der Waals surface area contributed by atoms with Crippen molar-refractivity contribution in [1.29, 1.82) is 0 Å². The van der Waals surface area contributed by atoms with Crippen molar-refractivity contribution in [2.45, 2.75) is 12.5 Å². The molecule has 0 fully saturated rings. The molecule has 0 heterocycles. The van der Waals surface area contributed by atoms with Gasteiger partial charge in [0.1, 0.15) is 11.6 Å². The topological polar surface area (TPSA) is 26.0 Å². The van der Waals surface area contributed by atoms with Gasteiger partial charge in [0, 0.05) is 10.5 Å². The molecule has 0 aromatic heterocycles.